The molecule has 2 fully saturated rings. The Balaban J connectivity index is 1.27. The van der Waals surface area contributed by atoms with Gasteiger partial charge >= 0.3 is 17.6 Å². The number of carboxylic acids is 1. The van der Waals surface area contributed by atoms with Crippen LogP contribution in [-0.4, -0.2) is 102 Å². The minimum Gasteiger partial charge on any atom is -0.477 e. The number of rotatable bonds is 12. The number of amides is 2. The van der Waals surface area contributed by atoms with E-state index in [1.54, 1.807) is 0 Å². The van der Waals surface area contributed by atoms with E-state index in [-0.39, 0.29) is 30.8 Å². The molecule has 5 N–H and O–H groups in total. The maximum Gasteiger partial charge on any atom is 0.349 e. The van der Waals surface area contributed by atoms with Gasteiger partial charge in [-0.05, 0) is 25.3 Å². The first-order chi connectivity index (χ1) is 18.1. The molecule has 1 aliphatic carbocycles. The van der Waals surface area contributed by atoms with Crippen LogP contribution in [0.3, 0.4) is 0 Å². The van der Waals surface area contributed by atoms with Crippen molar-refractivity contribution >= 4 is 29.6 Å². The second-order valence-electron chi connectivity index (χ2n) is 8.92. The molecule has 3 heterocycles. The predicted octanol–water partition coefficient (Wildman–Crippen LogP) is -2.33. The normalized spacial score (nSPS) is 28.0. The number of aliphatic hydroxyl groups is 3. The minimum atomic E-state index is -1.74. The van der Waals surface area contributed by atoms with E-state index in [1.807, 2.05) is 0 Å². The number of aliphatic hydroxyl groups excluding tert-OH is 2. The predicted molar refractivity (Wildman–Crippen MR) is 124 cm³/mol. The van der Waals surface area contributed by atoms with E-state index in [0.29, 0.717) is 19.3 Å². The summed E-state index contributed by atoms with van der Waals surface area (Å²) in [5, 5.41) is 41.7. The fourth-order valence-electron chi connectivity index (χ4n) is 4.44. The van der Waals surface area contributed by atoms with Gasteiger partial charge in [0.05, 0.1) is 13.2 Å². The second-order valence-corrected chi connectivity index (χ2v) is 8.92. The quantitative estimate of drug-likeness (QED) is 0.0475. The summed E-state index contributed by atoms with van der Waals surface area (Å²) in [7, 11) is 0. The highest BCUT2D eigenvalue weighted by molar-refractivity contribution is 6.13. The van der Waals surface area contributed by atoms with Crippen LogP contribution in [-0.2, 0) is 28.7 Å². The van der Waals surface area contributed by atoms with Crippen molar-refractivity contribution in [3.05, 3.63) is 46.7 Å². The molecule has 0 spiro atoms. The molecule has 2 aliphatic heterocycles. The zero-order chi connectivity index (χ0) is 27.6. The summed E-state index contributed by atoms with van der Waals surface area (Å²) in [4.78, 5) is 63.9. The molecule has 204 valence electrons. The van der Waals surface area contributed by atoms with E-state index in [4.69, 9.17) is 14.6 Å². The number of nitrogens with zero attached hydrogens (tertiary/aromatic N) is 3. The van der Waals surface area contributed by atoms with Crippen molar-refractivity contribution in [2.24, 2.45) is 0 Å². The minimum absolute atomic E-state index is 0.0889. The summed E-state index contributed by atoms with van der Waals surface area (Å²) in [5.41, 5.74) is -3.32. The van der Waals surface area contributed by atoms with E-state index in [2.05, 4.69) is 10.3 Å². The molecular formula is C23H26N4O11. The Bertz CT molecular complexity index is 1240. The van der Waals surface area contributed by atoms with Crippen molar-refractivity contribution in [1.29, 1.82) is 0 Å². The first-order valence-corrected chi connectivity index (χ1v) is 11.8. The Kier molecular flexibility index (Phi) is 7.73. The van der Waals surface area contributed by atoms with Crippen LogP contribution in [0, 0.1) is 0 Å². The van der Waals surface area contributed by atoms with E-state index in [1.165, 1.54) is 24.4 Å². The number of hydrogen-bond acceptors (Lipinski definition) is 12. The molecule has 1 saturated heterocycles. The van der Waals surface area contributed by atoms with Crippen LogP contribution in [0.15, 0.2) is 41.0 Å². The molecule has 0 aromatic carbocycles. The van der Waals surface area contributed by atoms with E-state index in [9.17, 15) is 39.3 Å². The van der Waals surface area contributed by atoms with Crippen LogP contribution in [0.1, 0.15) is 25.3 Å². The van der Waals surface area contributed by atoms with Crippen LogP contribution in [0.25, 0.3) is 0 Å². The summed E-state index contributed by atoms with van der Waals surface area (Å²) in [6.07, 6.45) is 2.59. The van der Waals surface area contributed by atoms with E-state index in [0.717, 1.165) is 15.7 Å². The van der Waals surface area contributed by atoms with Crippen molar-refractivity contribution in [3.63, 3.8) is 0 Å². The number of aliphatic carboxylic acids is 1. The van der Waals surface area contributed by atoms with Gasteiger partial charge in [-0.3, -0.25) is 19.1 Å². The van der Waals surface area contributed by atoms with Crippen molar-refractivity contribution in [3.8, 4) is 0 Å². The third-order valence-electron chi connectivity index (χ3n) is 6.54. The van der Waals surface area contributed by atoms with Gasteiger partial charge in [-0.15, -0.1) is 0 Å². The van der Waals surface area contributed by atoms with E-state index >= 15 is 0 Å². The maximum atomic E-state index is 12.5. The Morgan fingerprint density at radius 3 is 2.47 bits per heavy atom. The van der Waals surface area contributed by atoms with Crippen LogP contribution in [0.2, 0.25) is 0 Å². The van der Waals surface area contributed by atoms with E-state index < -0.39 is 59.8 Å². The zero-order valence-electron chi connectivity index (χ0n) is 19.9. The summed E-state index contributed by atoms with van der Waals surface area (Å²) in [6, 6.07) is 0.379. The van der Waals surface area contributed by atoms with Crippen LogP contribution < -0.4 is 11.0 Å². The van der Waals surface area contributed by atoms with Gasteiger partial charge in [0.1, 0.15) is 35.8 Å². The first kappa shape index (κ1) is 27.1. The molecule has 4 rings (SSSR count). The molecule has 1 saturated carbocycles. The van der Waals surface area contributed by atoms with Crippen molar-refractivity contribution in [2.75, 3.05) is 25.1 Å². The van der Waals surface area contributed by atoms with Crippen LogP contribution >= 0.6 is 0 Å². The summed E-state index contributed by atoms with van der Waals surface area (Å²) in [6.45, 7) is -0.356. The molecular weight excluding hydrogens is 508 g/mol. The summed E-state index contributed by atoms with van der Waals surface area (Å²) < 4.78 is 11.4. The summed E-state index contributed by atoms with van der Waals surface area (Å²) >= 11 is 0. The maximum absolute atomic E-state index is 12.5. The molecule has 5 atom stereocenters. The number of ether oxygens (including phenoxy) is 2. The van der Waals surface area contributed by atoms with Gasteiger partial charge in [-0.25, -0.2) is 14.4 Å². The molecule has 0 radical (unpaired) electrons. The van der Waals surface area contributed by atoms with Crippen molar-refractivity contribution < 1.29 is 49.1 Å². The largest absolute Gasteiger partial charge is 0.477 e. The Hall–Kier alpha value is -3.92. The number of aromatic nitrogens is 2. The Labute approximate surface area is 214 Å². The number of anilines is 1. The second kappa shape index (κ2) is 10.8. The van der Waals surface area contributed by atoms with Gasteiger partial charge < -0.3 is 35.2 Å². The van der Waals surface area contributed by atoms with Gasteiger partial charge in [0, 0.05) is 31.1 Å². The number of carbonyl (C=O) groups excluding carboxylic acids is 3. The lowest BCUT2D eigenvalue weighted by atomic mass is 10.1. The standard InChI is InChI=1S/C23H26N4O11/c28-11-13-18(31)23(36)17(19(23)38-13)27-8-6-14(25-22(27)35)24-10-12(20(32)33)21(34)37-9-3-1-2-7-26-15(29)4-5-16(26)30/h4-6,8,10,13,17-19,28,31,36H,1-3,7,9,11H2,(H,32,33)(H,24,25,35)/b12-10+/t13?,17?,18-,19?,23-/m1/s1. The molecule has 2 amide bonds. The molecule has 0 bridgehead atoms. The van der Waals surface area contributed by atoms with Gasteiger partial charge in [0.25, 0.3) is 11.8 Å². The number of fused-ring (bicyclic) bond motifs is 1. The number of esters is 1. The average molecular weight is 534 g/mol. The monoisotopic (exact) mass is 534 g/mol. The molecule has 1 aromatic rings. The Morgan fingerprint density at radius 1 is 1.18 bits per heavy atom. The van der Waals surface area contributed by atoms with Gasteiger partial charge in [0.15, 0.2) is 5.57 Å². The average Bonchev–Trinajstić information content (AvgIpc) is 3.19. The number of hydrogen-bond donors (Lipinski definition) is 5. The number of nitrogens with one attached hydrogen (secondary N) is 1. The van der Waals surface area contributed by atoms with Crippen molar-refractivity contribution in [1.82, 2.24) is 14.5 Å². The lowest BCUT2D eigenvalue weighted by molar-refractivity contribution is -0.144. The molecule has 3 aliphatic rings. The van der Waals surface area contributed by atoms with Crippen LogP contribution in [0.5, 0.6) is 0 Å². The smallest absolute Gasteiger partial charge is 0.349 e. The molecule has 3 unspecified atom stereocenters. The lowest BCUT2D eigenvalue weighted by Gasteiger charge is -2.21. The Morgan fingerprint density at radius 2 is 1.89 bits per heavy atom. The number of carbonyl (C=O) groups is 4. The third kappa shape index (κ3) is 5.08. The number of unbranched alkanes of at least 4 members (excludes halogenated alkanes) is 2. The van der Waals surface area contributed by atoms with Gasteiger partial charge in [-0.1, -0.05) is 0 Å². The van der Waals surface area contributed by atoms with Gasteiger partial charge in [0.2, 0.25) is 0 Å². The molecule has 15 nitrogen and oxygen atoms in total. The fourth-order valence-corrected chi connectivity index (χ4v) is 4.44. The molecule has 15 heteroatoms. The molecule has 1 aromatic heterocycles. The van der Waals surface area contributed by atoms with Gasteiger partial charge in [-0.2, -0.15) is 4.98 Å². The first-order valence-electron chi connectivity index (χ1n) is 11.8. The SMILES string of the molecule is O=C(O)/C(=C\Nc1ccn(C2C3OC(CO)[C@@H](O)[C@@]32O)c(=O)n1)C(=O)OCCCCCN1C(=O)C=CC1=O. The fraction of sp³-hybridized carbons (Fsp3) is 0.478. The summed E-state index contributed by atoms with van der Waals surface area (Å²) in [5.74, 6) is -3.55. The highest BCUT2D eigenvalue weighted by Gasteiger charge is 2.77. The number of carboxylic acid groups (broad SMARTS) is 1. The van der Waals surface area contributed by atoms with Crippen LogP contribution in [0.4, 0.5) is 5.82 Å². The van der Waals surface area contributed by atoms with Crippen molar-refractivity contribution in [2.45, 2.75) is 49.2 Å². The zero-order valence-corrected chi connectivity index (χ0v) is 19.9. The molecule has 38 heavy (non-hydrogen) atoms. The highest BCUT2D eigenvalue weighted by atomic mass is 16.6. The topological polar surface area (TPSA) is 218 Å². The highest BCUT2D eigenvalue weighted by Crippen LogP contribution is 2.57. The third-order valence-corrected chi connectivity index (χ3v) is 6.54. The lowest BCUT2D eigenvalue weighted by Crippen LogP contribution is -2.41. The number of imide groups is 1.